The van der Waals surface area contributed by atoms with Crippen LogP contribution in [0.25, 0.3) is 0 Å². The van der Waals surface area contributed by atoms with Gasteiger partial charge in [-0.2, -0.15) is 5.26 Å². The van der Waals surface area contributed by atoms with E-state index in [1.165, 1.54) is 11.8 Å². The second kappa shape index (κ2) is 8.54. The number of aryl methyl sites for hydroxylation is 2. The summed E-state index contributed by atoms with van der Waals surface area (Å²) in [4.78, 5) is 16.4. The largest absolute Gasteiger partial charge is 0.474 e. The van der Waals surface area contributed by atoms with Crippen molar-refractivity contribution in [3.63, 3.8) is 0 Å². The van der Waals surface area contributed by atoms with E-state index in [0.29, 0.717) is 11.4 Å². The van der Waals surface area contributed by atoms with Gasteiger partial charge in [0.15, 0.2) is 0 Å². The molecule has 0 spiro atoms. The molecule has 0 saturated heterocycles. The number of pyridine rings is 1. The van der Waals surface area contributed by atoms with E-state index in [1.54, 1.807) is 12.1 Å². The molecule has 0 bridgehead atoms. The number of hydrogen-bond donors (Lipinski definition) is 2. The van der Waals surface area contributed by atoms with Crippen LogP contribution in [-0.4, -0.2) is 23.2 Å². The molecule has 3 rings (SSSR count). The summed E-state index contributed by atoms with van der Waals surface area (Å²) >= 11 is 0. The van der Waals surface area contributed by atoms with Crippen molar-refractivity contribution in [2.45, 2.75) is 51.7 Å². The number of carbonyl (C=O) groups is 1. The lowest BCUT2D eigenvalue weighted by Crippen LogP contribution is -2.41. The van der Waals surface area contributed by atoms with Crippen LogP contribution in [0, 0.1) is 25.2 Å². The molecule has 0 unspecified atom stereocenters. The van der Waals surface area contributed by atoms with E-state index >= 15 is 0 Å². The number of nitriles is 1. The minimum absolute atomic E-state index is 0.0892. The summed E-state index contributed by atoms with van der Waals surface area (Å²) in [6.45, 7) is 4.08. The number of rotatable bonds is 4. The van der Waals surface area contributed by atoms with Crippen LogP contribution in [0.4, 0.5) is 10.5 Å². The molecule has 1 aliphatic rings. The Morgan fingerprint density at radius 2 is 1.93 bits per heavy atom. The van der Waals surface area contributed by atoms with E-state index in [-0.39, 0.29) is 18.2 Å². The first kappa shape index (κ1) is 18.7. The first-order chi connectivity index (χ1) is 13.0. The molecule has 1 aromatic heterocycles. The first-order valence-corrected chi connectivity index (χ1v) is 9.21. The van der Waals surface area contributed by atoms with Crippen LogP contribution in [0.2, 0.25) is 0 Å². The van der Waals surface area contributed by atoms with Crippen LogP contribution in [0.1, 0.15) is 42.4 Å². The SMILES string of the molecule is Cc1ccc(NC(=O)NC2CCC(Oc3ccc(C#N)cn3)CC2)cc1C. The number of nitrogens with one attached hydrogen (secondary N) is 2. The van der Waals surface area contributed by atoms with Gasteiger partial charge in [0.05, 0.1) is 5.56 Å². The van der Waals surface area contributed by atoms with Crippen molar-refractivity contribution in [3.8, 4) is 11.9 Å². The summed E-state index contributed by atoms with van der Waals surface area (Å²) in [5.41, 5.74) is 3.68. The Morgan fingerprint density at radius 3 is 2.56 bits per heavy atom. The fraction of sp³-hybridized carbons (Fsp3) is 0.381. The van der Waals surface area contributed by atoms with Gasteiger partial charge in [0.1, 0.15) is 12.2 Å². The van der Waals surface area contributed by atoms with Crippen molar-refractivity contribution >= 4 is 11.7 Å². The van der Waals surface area contributed by atoms with Gasteiger partial charge < -0.3 is 15.4 Å². The predicted molar refractivity (Wildman–Crippen MR) is 104 cm³/mol. The maximum Gasteiger partial charge on any atom is 0.319 e. The molecule has 27 heavy (non-hydrogen) atoms. The van der Waals surface area contributed by atoms with Gasteiger partial charge in [-0.15, -0.1) is 0 Å². The Labute approximate surface area is 159 Å². The topological polar surface area (TPSA) is 87.0 Å². The number of anilines is 1. The van der Waals surface area contributed by atoms with Gasteiger partial charge in [-0.25, -0.2) is 9.78 Å². The summed E-state index contributed by atoms with van der Waals surface area (Å²) in [7, 11) is 0. The van der Waals surface area contributed by atoms with E-state index in [9.17, 15) is 4.79 Å². The Balaban J connectivity index is 1.43. The minimum Gasteiger partial charge on any atom is -0.474 e. The van der Waals surface area contributed by atoms with Crippen LogP contribution >= 0.6 is 0 Å². The summed E-state index contributed by atoms with van der Waals surface area (Å²) in [6, 6.07) is 11.3. The predicted octanol–water partition coefficient (Wildman–Crippen LogP) is 4.08. The van der Waals surface area contributed by atoms with Crippen molar-refractivity contribution in [2.24, 2.45) is 0 Å². The molecule has 1 saturated carbocycles. The van der Waals surface area contributed by atoms with Crippen molar-refractivity contribution in [1.82, 2.24) is 10.3 Å². The lowest BCUT2D eigenvalue weighted by Gasteiger charge is -2.29. The average molecular weight is 364 g/mol. The Bertz CT molecular complexity index is 834. The normalized spacial score (nSPS) is 19.0. The fourth-order valence-corrected chi connectivity index (χ4v) is 3.18. The number of hydrogen-bond acceptors (Lipinski definition) is 4. The number of nitrogens with zero attached hydrogens (tertiary/aromatic N) is 2. The summed E-state index contributed by atoms with van der Waals surface area (Å²) in [5.74, 6) is 0.540. The van der Waals surface area contributed by atoms with E-state index in [2.05, 4.69) is 15.6 Å². The highest BCUT2D eigenvalue weighted by molar-refractivity contribution is 5.89. The van der Waals surface area contributed by atoms with Crippen LogP contribution in [0.3, 0.4) is 0 Å². The van der Waals surface area contributed by atoms with Crippen LogP contribution in [0.5, 0.6) is 5.88 Å². The molecule has 2 amide bonds. The van der Waals surface area contributed by atoms with Gasteiger partial charge in [0, 0.05) is 24.0 Å². The van der Waals surface area contributed by atoms with Crippen LogP contribution < -0.4 is 15.4 Å². The van der Waals surface area contributed by atoms with Gasteiger partial charge in [0.25, 0.3) is 0 Å². The lowest BCUT2D eigenvalue weighted by atomic mass is 9.93. The average Bonchev–Trinajstić information content (AvgIpc) is 2.67. The van der Waals surface area contributed by atoms with Crippen molar-refractivity contribution in [1.29, 1.82) is 5.26 Å². The van der Waals surface area contributed by atoms with Crippen molar-refractivity contribution in [3.05, 3.63) is 53.2 Å². The monoisotopic (exact) mass is 364 g/mol. The molecule has 0 atom stereocenters. The Kier molecular flexibility index (Phi) is 5.92. The van der Waals surface area contributed by atoms with Crippen LogP contribution in [0.15, 0.2) is 36.5 Å². The van der Waals surface area contributed by atoms with Gasteiger partial charge in [-0.05, 0) is 68.9 Å². The fourth-order valence-electron chi connectivity index (χ4n) is 3.18. The maximum absolute atomic E-state index is 12.2. The number of amides is 2. The quantitative estimate of drug-likeness (QED) is 0.856. The minimum atomic E-state index is -0.170. The lowest BCUT2D eigenvalue weighted by molar-refractivity contribution is 0.135. The summed E-state index contributed by atoms with van der Waals surface area (Å²) in [6.07, 6.45) is 5.04. The zero-order chi connectivity index (χ0) is 19.2. The molecule has 0 radical (unpaired) electrons. The van der Waals surface area contributed by atoms with Crippen LogP contribution in [-0.2, 0) is 0 Å². The highest BCUT2D eigenvalue weighted by Crippen LogP contribution is 2.23. The molecule has 1 fully saturated rings. The number of carbonyl (C=O) groups excluding carboxylic acids is 1. The molecule has 1 aliphatic carbocycles. The van der Waals surface area contributed by atoms with Gasteiger partial charge in [0.2, 0.25) is 5.88 Å². The first-order valence-electron chi connectivity index (χ1n) is 9.21. The molecule has 0 aliphatic heterocycles. The molecule has 140 valence electrons. The van der Waals surface area contributed by atoms with Gasteiger partial charge in [-0.3, -0.25) is 0 Å². The summed E-state index contributed by atoms with van der Waals surface area (Å²) < 4.78 is 5.88. The molecular formula is C21H24N4O2. The zero-order valence-electron chi connectivity index (χ0n) is 15.7. The number of urea groups is 1. The summed E-state index contributed by atoms with van der Waals surface area (Å²) in [5, 5.41) is 14.7. The highest BCUT2D eigenvalue weighted by Gasteiger charge is 2.24. The molecular weight excluding hydrogens is 340 g/mol. The standard InChI is InChI=1S/C21H24N4O2/c1-14-3-5-18(11-15(14)2)25-21(26)24-17-6-8-19(9-7-17)27-20-10-4-16(12-22)13-23-20/h3-5,10-11,13,17,19H,6-9H2,1-2H3,(H2,24,25,26). The van der Waals surface area contributed by atoms with Crippen molar-refractivity contribution < 1.29 is 9.53 Å². The second-order valence-electron chi connectivity index (χ2n) is 6.99. The Hall–Kier alpha value is -3.07. The molecule has 6 heteroatoms. The molecule has 1 heterocycles. The molecule has 1 aromatic carbocycles. The second-order valence-corrected chi connectivity index (χ2v) is 6.99. The third-order valence-corrected chi connectivity index (χ3v) is 4.93. The van der Waals surface area contributed by atoms with Gasteiger partial charge >= 0.3 is 6.03 Å². The smallest absolute Gasteiger partial charge is 0.319 e. The number of aromatic nitrogens is 1. The van der Waals surface area contributed by atoms with E-state index in [4.69, 9.17) is 10.00 Å². The van der Waals surface area contributed by atoms with Crippen molar-refractivity contribution in [2.75, 3.05) is 5.32 Å². The number of ether oxygens (including phenoxy) is 1. The molecule has 6 nitrogen and oxygen atoms in total. The third-order valence-electron chi connectivity index (χ3n) is 4.93. The highest BCUT2D eigenvalue weighted by atomic mass is 16.5. The van der Waals surface area contributed by atoms with E-state index < -0.39 is 0 Å². The number of benzene rings is 1. The Morgan fingerprint density at radius 1 is 1.15 bits per heavy atom. The third kappa shape index (κ3) is 5.20. The molecule has 2 aromatic rings. The molecule has 2 N–H and O–H groups in total. The maximum atomic E-state index is 12.2. The zero-order valence-corrected chi connectivity index (χ0v) is 15.7. The van der Waals surface area contributed by atoms with E-state index in [1.807, 2.05) is 38.1 Å². The van der Waals surface area contributed by atoms with E-state index in [0.717, 1.165) is 36.9 Å². The van der Waals surface area contributed by atoms with Gasteiger partial charge in [-0.1, -0.05) is 6.07 Å².